The number of amides is 1. The monoisotopic (exact) mass is 433 g/mol. The second-order valence-corrected chi connectivity index (χ2v) is 6.71. The van der Waals surface area contributed by atoms with E-state index in [0.717, 1.165) is 11.8 Å². The van der Waals surface area contributed by atoms with Crippen LogP contribution in [-0.2, 0) is 11.4 Å². The van der Waals surface area contributed by atoms with Crippen LogP contribution in [-0.4, -0.2) is 38.9 Å². The molecule has 156 valence electrons. The average Bonchev–Trinajstić information content (AvgIpc) is 3.19. The minimum atomic E-state index is -0.572. The zero-order valence-electron chi connectivity index (χ0n) is 15.6. The number of aromatic amines is 1. The number of H-pyrrole nitrogens is 1. The summed E-state index contributed by atoms with van der Waals surface area (Å²) >= 11 is 1.08. The van der Waals surface area contributed by atoms with E-state index in [1.807, 2.05) is 0 Å². The van der Waals surface area contributed by atoms with Gasteiger partial charge in [-0.05, 0) is 18.2 Å². The van der Waals surface area contributed by atoms with E-state index in [4.69, 9.17) is 9.47 Å². The van der Waals surface area contributed by atoms with E-state index in [-0.39, 0.29) is 35.5 Å². The molecular formula is C18H16FN5O5S. The summed E-state index contributed by atoms with van der Waals surface area (Å²) < 4.78 is 23.8. The summed E-state index contributed by atoms with van der Waals surface area (Å²) in [7, 11) is 1.31. The molecule has 0 spiro atoms. The molecule has 12 heteroatoms. The lowest BCUT2D eigenvalue weighted by Gasteiger charge is -2.07. The maximum atomic E-state index is 13.5. The van der Waals surface area contributed by atoms with Gasteiger partial charge in [0.2, 0.25) is 11.1 Å². The first-order valence-corrected chi connectivity index (χ1v) is 9.48. The fourth-order valence-electron chi connectivity index (χ4n) is 2.35. The van der Waals surface area contributed by atoms with Crippen molar-refractivity contribution in [3.8, 4) is 11.5 Å². The van der Waals surface area contributed by atoms with E-state index in [2.05, 4.69) is 20.5 Å². The average molecular weight is 433 g/mol. The van der Waals surface area contributed by atoms with Crippen LogP contribution < -0.4 is 14.8 Å². The molecule has 3 aromatic rings. The number of carbonyl (C=O) groups is 1. The molecule has 0 atom stereocenters. The van der Waals surface area contributed by atoms with E-state index in [9.17, 15) is 19.3 Å². The lowest BCUT2D eigenvalue weighted by molar-refractivity contribution is -0.385. The number of nitro groups is 1. The molecule has 0 aliphatic rings. The van der Waals surface area contributed by atoms with Crippen LogP contribution in [0.3, 0.4) is 0 Å². The van der Waals surface area contributed by atoms with Crippen molar-refractivity contribution in [2.75, 3.05) is 18.2 Å². The third-order valence-corrected chi connectivity index (χ3v) is 4.55. The summed E-state index contributed by atoms with van der Waals surface area (Å²) in [5.41, 5.74) is 0.160. The van der Waals surface area contributed by atoms with Crippen LogP contribution in [0.1, 0.15) is 5.82 Å². The number of anilines is 1. The van der Waals surface area contributed by atoms with Crippen LogP contribution in [0.4, 0.5) is 15.8 Å². The molecular weight excluding hydrogens is 417 g/mol. The highest BCUT2D eigenvalue weighted by molar-refractivity contribution is 7.99. The van der Waals surface area contributed by atoms with Crippen LogP contribution in [0.25, 0.3) is 0 Å². The number of halogens is 1. The number of carbonyl (C=O) groups excluding carboxylic acids is 1. The minimum absolute atomic E-state index is 0.00473. The largest absolute Gasteiger partial charge is 0.490 e. The highest BCUT2D eigenvalue weighted by Crippen LogP contribution is 2.29. The van der Waals surface area contributed by atoms with Crippen molar-refractivity contribution in [3.63, 3.8) is 0 Å². The molecule has 3 rings (SSSR count). The van der Waals surface area contributed by atoms with Crippen molar-refractivity contribution in [1.82, 2.24) is 15.2 Å². The first-order chi connectivity index (χ1) is 14.5. The van der Waals surface area contributed by atoms with Gasteiger partial charge >= 0.3 is 5.69 Å². The summed E-state index contributed by atoms with van der Waals surface area (Å²) in [4.78, 5) is 26.6. The van der Waals surface area contributed by atoms with Crippen LogP contribution in [0.2, 0.25) is 0 Å². The number of nitrogens with zero attached hydrogens (tertiary/aromatic N) is 3. The Balaban J connectivity index is 1.51. The van der Waals surface area contributed by atoms with Crippen molar-refractivity contribution < 1.29 is 23.6 Å². The zero-order chi connectivity index (χ0) is 21.5. The Labute approximate surface area is 174 Å². The molecule has 0 fully saturated rings. The van der Waals surface area contributed by atoms with Gasteiger partial charge in [-0.1, -0.05) is 23.9 Å². The molecule has 0 saturated heterocycles. The second kappa shape index (κ2) is 9.69. The molecule has 1 aromatic heterocycles. The number of rotatable bonds is 9. The van der Waals surface area contributed by atoms with Crippen LogP contribution >= 0.6 is 11.8 Å². The number of ether oxygens (including phenoxy) is 2. The van der Waals surface area contributed by atoms with Crippen LogP contribution in [0, 0.1) is 15.9 Å². The van der Waals surface area contributed by atoms with Gasteiger partial charge in [0.15, 0.2) is 23.1 Å². The molecule has 0 saturated carbocycles. The SMILES string of the molecule is COc1cc(NC(=O)CSc2n[nH]c(COc3ccccc3F)n2)ccc1[N+](=O)[O-]. The fraction of sp³-hybridized carbons (Fsp3) is 0.167. The smallest absolute Gasteiger partial charge is 0.311 e. The van der Waals surface area contributed by atoms with Gasteiger partial charge in [-0.3, -0.25) is 20.0 Å². The first kappa shape index (κ1) is 21.0. The standard InChI is InChI=1S/C18H16FN5O5S/c1-28-15-8-11(6-7-13(15)24(26)27)20-17(25)10-30-18-21-16(22-23-18)9-29-14-5-3-2-4-12(14)19/h2-8H,9-10H2,1H3,(H,20,25)(H,21,22,23). The summed E-state index contributed by atoms with van der Waals surface area (Å²) in [5.74, 6) is -0.317. The van der Waals surface area contributed by atoms with Gasteiger partial charge in [-0.15, -0.1) is 5.10 Å². The Morgan fingerprint density at radius 1 is 1.30 bits per heavy atom. The molecule has 1 heterocycles. The maximum Gasteiger partial charge on any atom is 0.311 e. The maximum absolute atomic E-state index is 13.5. The molecule has 0 unspecified atom stereocenters. The molecule has 1 amide bonds. The number of nitrogens with one attached hydrogen (secondary N) is 2. The summed E-state index contributed by atoms with van der Waals surface area (Å²) in [5, 5.41) is 20.5. The molecule has 0 aliphatic carbocycles. The predicted octanol–water partition coefficient (Wildman–Crippen LogP) is 3.17. The van der Waals surface area contributed by atoms with Crippen molar-refractivity contribution in [1.29, 1.82) is 0 Å². The Bertz CT molecular complexity index is 1060. The first-order valence-electron chi connectivity index (χ1n) is 8.50. The molecule has 30 heavy (non-hydrogen) atoms. The zero-order valence-corrected chi connectivity index (χ0v) is 16.4. The number of methoxy groups -OCH3 is 1. The van der Waals surface area contributed by atoms with E-state index >= 15 is 0 Å². The molecule has 0 aliphatic heterocycles. The highest BCUT2D eigenvalue weighted by atomic mass is 32.2. The molecule has 2 aromatic carbocycles. The molecule has 0 bridgehead atoms. The summed E-state index contributed by atoms with van der Waals surface area (Å²) in [6.07, 6.45) is 0. The third-order valence-electron chi connectivity index (χ3n) is 3.70. The van der Waals surface area contributed by atoms with Gasteiger partial charge < -0.3 is 14.8 Å². The molecule has 10 nitrogen and oxygen atoms in total. The topological polar surface area (TPSA) is 132 Å². The van der Waals surface area contributed by atoms with Gasteiger partial charge in [0.05, 0.1) is 17.8 Å². The summed E-state index contributed by atoms with van der Waals surface area (Å²) in [6.45, 7) is -0.0106. The van der Waals surface area contributed by atoms with E-state index in [1.54, 1.807) is 12.1 Å². The van der Waals surface area contributed by atoms with Gasteiger partial charge in [0.1, 0.15) is 6.61 Å². The van der Waals surface area contributed by atoms with Gasteiger partial charge in [-0.2, -0.15) is 0 Å². The van der Waals surface area contributed by atoms with Crippen molar-refractivity contribution in [2.24, 2.45) is 0 Å². The number of para-hydroxylation sites is 1. The normalized spacial score (nSPS) is 10.5. The van der Waals surface area contributed by atoms with Gasteiger partial charge in [0, 0.05) is 17.8 Å². The summed E-state index contributed by atoms with van der Waals surface area (Å²) in [6, 6.07) is 10.0. The highest BCUT2D eigenvalue weighted by Gasteiger charge is 2.16. The Kier molecular flexibility index (Phi) is 6.80. The number of benzene rings is 2. The third kappa shape index (κ3) is 5.44. The van der Waals surface area contributed by atoms with E-state index in [1.165, 1.54) is 37.4 Å². The minimum Gasteiger partial charge on any atom is -0.490 e. The fourth-order valence-corrected chi connectivity index (χ4v) is 2.97. The van der Waals surface area contributed by atoms with Crippen molar-refractivity contribution >= 4 is 29.0 Å². The van der Waals surface area contributed by atoms with Gasteiger partial charge in [-0.25, -0.2) is 9.37 Å². The Morgan fingerprint density at radius 2 is 2.10 bits per heavy atom. The van der Waals surface area contributed by atoms with Crippen LogP contribution in [0.5, 0.6) is 11.5 Å². The lowest BCUT2D eigenvalue weighted by Crippen LogP contribution is -2.14. The number of thioether (sulfide) groups is 1. The number of hydrogen-bond acceptors (Lipinski definition) is 8. The van der Waals surface area contributed by atoms with Crippen LogP contribution in [0.15, 0.2) is 47.6 Å². The number of aromatic nitrogens is 3. The quantitative estimate of drug-likeness (QED) is 0.299. The lowest BCUT2D eigenvalue weighted by atomic mass is 10.2. The Hall–Kier alpha value is -3.67. The Morgan fingerprint density at radius 3 is 2.83 bits per heavy atom. The van der Waals surface area contributed by atoms with E-state index < -0.39 is 10.7 Å². The van der Waals surface area contributed by atoms with E-state index in [0.29, 0.717) is 16.7 Å². The number of hydrogen-bond donors (Lipinski definition) is 2. The van der Waals surface area contributed by atoms with Gasteiger partial charge in [0.25, 0.3) is 0 Å². The second-order valence-electron chi connectivity index (χ2n) is 5.76. The van der Waals surface area contributed by atoms with Crippen molar-refractivity contribution in [3.05, 3.63) is 64.2 Å². The predicted molar refractivity (Wildman–Crippen MR) is 106 cm³/mol. The van der Waals surface area contributed by atoms with Crippen molar-refractivity contribution in [2.45, 2.75) is 11.8 Å². The molecule has 2 N–H and O–H groups in total. The molecule has 0 radical (unpaired) electrons. The number of nitro benzene ring substituents is 1.